The van der Waals surface area contributed by atoms with Gasteiger partial charge in [-0.2, -0.15) is 5.26 Å². The van der Waals surface area contributed by atoms with Gasteiger partial charge in [0.2, 0.25) is 0 Å². The minimum Gasteiger partial charge on any atom is -0.490 e. The molecule has 2 aromatic carbocycles. The number of hydroxylamine groups is 1. The van der Waals surface area contributed by atoms with Crippen LogP contribution in [0.3, 0.4) is 0 Å². The third-order valence-electron chi connectivity index (χ3n) is 2.94. The summed E-state index contributed by atoms with van der Waals surface area (Å²) in [5.74, 6) is 1.40. The standard InChI is InChI=1S/C17H16N2O3/c1-13(19-20)15-4-8-17(9-5-15)22-11-10-21-16-6-2-14(12-18)3-7-16/h2-9,19-20H,1,10-11H2. The van der Waals surface area contributed by atoms with Crippen molar-refractivity contribution in [3.63, 3.8) is 0 Å². The molecule has 0 unspecified atom stereocenters. The lowest BCUT2D eigenvalue weighted by Gasteiger charge is -2.09. The second-order valence-corrected chi connectivity index (χ2v) is 4.45. The van der Waals surface area contributed by atoms with Crippen molar-refractivity contribution in [3.05, 3.63) is 66.2 Å². The maximum Gasteiger partial charge on any atom is 0.122 e. The van der Waals surface area contributed by atoms with E-state index in [1.165, 1.54) is 0 Å². The highest BCUT2D eigenvalue weighted by molar-refractivity contribution is 5.61. The van der Waals surface area contributed by atoms with Crippen LogP contribution in [0.5, 0.6) is 11.5 Å². The summed E-state index contributed by atoms with van der Waals surface area (Å²) < 4.78 is 11.1. The first-order valence-corrected chi connectivity index (χ1v) is 6.68. The van der Waals surface area contributed by atoms with Crippen molar-refractivity contribution in [2.24, 2.45) is 0 Å². The van der Waals surface area contributed by atoms with Gasteiger partial charge in [0.25, 0.3) is 0 Å². The Hall–Kier alpha value is -2.97. The second-order valence-electron chi connectivity index (χ2n) is 4.45. The van der Waals surface area contributed by atoms with Crippen LogP contribution in [0.25, 0.3) is 5.70 Å². The number of ether oxygens (including phenoxy) is 2. The zero-order valence-electron chi connectivity index (χ0n) is 12.0. The van der Waals surface area contributed by atoms with Crippen LogP contribution in [-0.4, -0.2) is 18.4 Å². The highest BCUT2D eigenvalue weighted by Gasteiger charge is 1.99. The summed E-state index contributed by atoms with van der Waals surface area (Å²) in [5.41, 5.74) is 3.81. The van der Waals surface area contributed by atoms with Gasteiger partial charge in [-0.3, -0.25) is 10.7 Å². The van der Waals surface area contributed by atoms with Crippen LogP contribution in [0.2, 0.25) is 0 Å². The largest absolute Gasteiger partial charge is 0.490 e. The molecule has 0 saturated carbocycles. The van der Waals surface area contributed by atoms with Gasteiger partial charge in [-0.1, -0.05) is 6.58 Å². The van der Waals surface area contributed by atoms with Crippen LogP contribution >= 0.6 is 0 Å². The maximum absolute atomic E-state index is 8.76. The van der Waals surface area contributed by atoms with E-state index in [4.69, 9.17) is 19.9 Å². The first-order chi connectivity index (χ1) is 10.7. The zero-order chi connectivity index (χ0) is 15.8. The molecule has 2 N–H and O–H groups in total. The summed E-state index contributed by atoms with van der Waals surface area (Å²) in [5, 5.41) is 17.5. The highest BCUT2D eigenvalue weighted by atomic mass is 16.5. The Morgan fingerprint density at radius 2 is 1.50 bits per heavy atom. The molecule has 0 amide bonds. The molecule has 5 heteroatoms. The van der Waals surface area contributed by atoms with Crippen molar-refractivity contribution >= 4 is 5.70 Å². The number of rotatable bonds is 7. The van der Waals surface area contributed by atoms with Gasteiger partial charge in [0.1, 0.15) is 24.7 Å². The van der Waals surface area contributed by atoms with Crippen molar-refractivity contribution in [3.8, 4) is 17.6 Å². The van der Waals surface area contributed by atoms with Gasteiger partial charge in [0.15, 0.2) is 0 Å². The Morgan fingerprint density at radius 1 is 1.00 bits per heavy atom. The maximum atomic E-state index is 8.76. The molecule has 2 aromatic rings. The first kappa shape index (κ1) is 15.4. The Balaban J connectivity index is 1.76. The molecule has 0 aliphatic carbocycles. The third-order valence-corrected chi connectivity index (χ3v) is 2.94. The van der Waals surface area contributed by atoms with E-state index in [1.54, 1.807) is 48.5 Å². The number of hydrogen-bond acceptors (Lipinski definition) is 5. The topological polar surface area (TPSA) is 74.5 Å². The van der Waals surface area contributed by atoms with Gasteiger partial charge >= 0.3 is 0 Å². The van der Waals surface area contributed by atoms with E-state index in [0.29, 0.717) is 36.0 Å². The summed E-state index contributed by atoms with van der Waals surface area (Å²) in [6.07, 6.45) is 0. The molecule has 112 valence electrons. The fourth-order valence-electron chi connectivity index (χ4n) is 1.76. The van der Waals surface area contributed by atoms with Crippen LogP contribution in [0.15, 0.2) is 55.1 Å². The van der Waals surface area contributed by atoms with E-state index in [-0.39, 0.29) is 0 Å². The minimum absolute atomic E-state index is 0.401. The van der Waals surface area contributed by atoms with Crippen molar-refractivity contribution < 1.29 is 14.7 Å². The Labute approximate surface area is 129 Å². The monoisotopic (exact) mass is 296 g/mol. The minimum atomic E-state index is 0.401. The number of hydrogen-bond donors (Lipinski definition) is 2. The summed E-state index contributed by atoms with van der Waals surface area (Å²) in [4.78, 5) is 0. The molecule has 0 aliphatic rings. The van der Waals surface area contributed by atoms with Crippen molar-refractivity contribution in [1.29, 1.82) is 5.26 Å². The van der Waals surface area contributed by atoms with E-state index < -0.39 is 0 Å². The third kappa shape index (κ3) is 4.27. The van der Waals surface area contributed by atoms with Gasteiger partial charge in [-0.25, -0.2) is 0 Å². The van der Waals surface area contributed by atoms with E-state index in [1.807, 2.05) is 5.48 Å². The predicted octanol–water partition coefficient (Wildman–Crippen LogP) is 2.97. The summed E-state index contributed by atoms with van der Waals surface area (Å²) in [6, 6.07) is 16.1. The fourth-order valence-corrected chi connectivity index (χ4v) is 1.76. The molecule has 0 saturated heterocycles. The van der Waals surface area contributed by atoms with Gasteiger partial charge in [-0.15, -0.1) is 0 Å². The van der Waals surface area contributed by atoms with Crippen LogP contribution in [0.4, 0.5) is 0 Å². The lowest BCUT2D eigenvalue weighted by atomic mass is 10.2. The number of nitrogens with zero attached hydrogens (tertiary/aromatic N) is 1. The highest BCUT2D eigenvalue weighted by Crippen LogP contribution is 2.16. The molecule has 0 aliphatic heterocycles. The zero-order valence-corrected chi connectivity index (χ0v) is 12.0. The van der Waals surface area contributed by atoms with Crippen LogP contribution in [0.1, 0.15) is 11.1 Å². The van der Waals surface area contributed by atoms with Crippen LogP contribution in [-0.2, 0) is 0 Å². The first-order valence-electron chi connectivity index (χ1n) is 6.68. The van der Waals surface area contributed by atoms with Gasteiger partial charge < -0.3 is 9.47 Å². The smallest absolute Gasteiger partial charge is 0.122 e. The molecule has 0 atom stereocenters. The van der Waals surface area contributed by atoms with E-state index in [9.17, 15) is 0 Å². The molecule has 0 fully saturated rings. The van der Waals surface area contributed by atoms with Crippen molar-refractivity contribution in [2.45, 2.75) is 0 Å². The van der Waals surface area contributed by atoms with Crippen LogP contribution < -0.4 is 15.0 Å². The number of nitriles is 1. The molecular formula is C17H16N2O3. The molecular weight excluding hydrogens is 280 g/mol. The molecule has 0 aromatic heterocycles. The van der Waals surface area contributed by atoms with Crippen molar-refractivity contribution in [1.82, 2.24) is 5.48 Å². The number of nitrogens with one attached hydrogen (secondary N) is 1. The summed E-state index contributed by atoms with van der Waals surface area (Å²) in [6.45, 7) is 4.46. The molecule has 0 bridgehead atoms. The van der Waals surface area contributed by atoms with Crippen molar-refractivity contribution in [2.75, 3.05) is 13.2 Å². The molecule has 0 heterocycles. The number of benzene rings is 2. The average Bonchev–Trinajstić information content (AvgIpc) is 2.59. The second kappa shape index (κ2) is 7.72. The molecule has 0 spiro atoms. The van der Waals surface area contributed by atoms with Crippen LogP contribution in [0, 0.1) is 11.3 Å². The molecule has 2 rings (SSSR count). The molecule has 5 nitrogen and oxygen atoms in total. The average molecular weight is 296 g/mol. The Morgan fingerprint density at radius 3 is 1.95 bits per heavy atom. The predicted molar refractivity (Wildman–Crippen MR) is 82.5 cm³/mol. The fraction of sp³-hybridized carbons (Fsp3) is 0.118. The summed E-state index contributed by atoms with van der Waals surface area (Å²) >= 11 is 0. The van der Waals surface area contributed by atoms with E-state index in [0.717, 1.165) is 5.56 Å². The lowest BCUT2D eigenvalue weighted by molar-refractivity contribution is 0.217. The Bertz CT molecular complexity index is 658. The molecule has 0 radical (unpaired) electrons. The quantitative estimate of drug-likeness (QED) is 0.607. The Kier molecular flexibility index (Phi) is 5.41. The van der Waals surface area contributed by atoms with Gasteiger partial charge in [0, 0.05) is 0 Å². The summed E-state index contributed by atoms with van der Waals surface area (Å²) in [7, 11) is 0. The SMILES string of the molecule is C=C(NO)c1ccc(OCCOc2ccc(C#N)cc2)cc1. The van der Waals surface area contributed by atoms with E-state index >= 15 is 0 Å². The molecule has 22 heavy (non-hydrogen) atoms. The van der Waals surface area contributed by atoms with Gasteiger partial charge in [-0.05, 0) is 54.1 Å². The normalized spacial score (nSPS) is 9.64. The lowest BCUT2D eigenvalue weighted by Crippen LogP contribution is -2.09. The van der Waals surface area contributed by atoms with E-state index in [2.05, 4.69) is 12.6 Å². The van der Waals surface area contributed by atoms with Gasteiger partial charge in [0.05, 0.1) is 17.3 Å².